The molecule has 0 bridgehead atoms. The first-order valence-electron chi connectivity index (χ1n) is 7.10. The Hall–Kier alpha value is -2.61. The Morgan fingerprint density at radius 2 is 2.22 bits per heavy atom. The molecule has 0 aliphatic heterocycles. The zero-order valence-corrected chi connectivity index (χ0v) is 13.8. The van der Waals surface area contributed by atoms with E-state index in [1.807, 2.05) is 20.8 Å². The number of carbonyl (C=O) groups excluding carboxylic acids is 1. The minimum atomic E-state index is -0.160. The van der Waals surface area contributed by atoms with Crippen LogP contribution in [0.2, 0.25) is 0 Å². The van der Waals surface area contributed by atoms with Gasteiger partial charge >= 0.3 is 0 Å². The Bertz CT molecular complexity index is 826. The van der Waals surface area contributed by atoms with Gasteiger partial charge in [-0.05, 0) is 32.9 Å². The van der Waals surface area contributed by atoms with Gasteiger partial charge in [-0.3, -0.25) is 4.79 Å². The Labute approximate surface area is 137 Å². The quantitative estimate of drug-likeness (QED) is 0.794. The van der Waals surface area contributed by atoms with Crippen molar-refractivity contribution < 1.29 is 4.79 Å². The first-order valence-corrected chi connectivity index (χ1v) is 7.92. The fourth-order valence-corrected chi connectivity index (χ4v) is 3.24. The summed E-state index contributed by atoms with van der Waals surface area (Å²) in [7, 11) is 0. The van der Waals surface area contributed by atoms with Crippen LogP contribution in [0.5, 0.6) is 0 Å². The predicted molar refractivity (Wildman–Crippen MR) is 86.6 cm³/mol. The third-order valence-electron chi connectivity index (χ3n) is 3.34. The highest BCUT2D eigenvalue weighted by atomic mass is 32.1. The van der Waals surface area contributed by atoms with Crippen molar-refractivity contribution in [3.63, 3.8) is 0 Å². The van der Waals surface area contributed by atoms with Crippen LogP contribution in [-0.4, -0.2) is 30.6 Å². The van der Waals surface area contributed by atoms with Gasteiger partial charge in [0.05, 0.1) is 16.7 Å². The van der Waals surface area contributed by atoms with E-state index in [0.29, 0.717) is 11.4 Å². The van der Waals surface area contributed by atoms with Gasteiger partial charge in [0.15, 0.2) is 5.82 Å². The highest BCUT2D eigenvalue weighted by Gasteiger charge is 2.17. The number of amides is 1. The van der Waals surface area contributed by atoms with E-state index in [2.05, 4.69) is 25.4 Å². The van der Waals surface area contributed by atoms with Crippen LogP contribution in [0.15, 0.2) is 31.0 Å². The van der Waals surface area contributed by atoms with Crippen LogP contribution in [0, 0.1) is 13.8 Å². The molecule has 0 saturated carbocycles. The summed E-state index contributed by atoms with van der Waals surface area (Å²) in [5.74, 6) is 0.388. The molecule has 0 saturated heterocycles. The van der Waals surface area contributed by atoms with Crippen molar-refractivity contribution in [1.82, 2.24) is 30.0 Å². The van der Waals surface area contributed by atoms with Gasteiger partial charge in [0.25, 0.3) is 5.91 Å². The molecular weight excluding hydrogens is 312 g/mol. The largest absolute Gasteiger partial charge is 0.345 e. The number of pyridine rings is 1. The summed E-state index contributed by atoms with van der Waals surface area (Å²) in [6, 6.07) is 3.26. The van der Waals surface area contributed by atoms with Crippen LogP contribution in [0.25, 0.3) is 5.82 Å². The molecule has 1 N–H and O–H groups in total. The highest BCUT2D eigenvalue weighted by molar-refractivity contribution is 7.11. The maximum atomic E-state index is 12.5. The van der Waals surface area contributed by atoms with E-state index in [1.165, 1.54) is 17.3 Å². The molecular formula is C15H16N6OS. The van der Waals surface area contributed by atoms with Gasteiger partial charge in [-0.2, -0.15) is 5.10 Å². The van der Waals surface area contributed by atoms with E-state index in [1.54, 1.807) is 29.7 Å². The minimum Gasteiger partial charge on any atom is -0.345 e. The van der Waals surface area contributed by atoms with Crippen LogP contribution in [0.4, 0.5) is 0 Å². The fourth-order valence-electron chi connectivity index (χ4n) is 2.31. The highest BCUT2D eigenvalue weighted by Crippen LogP contribution is 2.24. The normalized spacial score (nSPS) is 12.1. The Morgan fingerprint density at radius 1 is 1.39 bits per heavy atom. The van der Waals surface area contributed by atoms with Crippen molar-refractivity contribution >= 4 is 17.2 Å². The molecule has 3 aromatic rings. The van der Waals surface area contributed by atoms with Crippen LogP contribution in [-0.2, 0) is 0 Å². The topological polar surface area (TPSA) is 85.6 Å². The summed E-state index contributed by atoms with van der Waals surface area (Å²) >= 11 is 1.60. The van der Waals surface area contributed by atoms with E-state index < -0.39 is 0 Å². The molecule has 8 heteroatoms. The number of aryl methyl sites for hydroxylation is 2. The molecule has 1 atom stereocenters. The van der Waals surface area contributed by atoms with Gasteiger partial charge in [-0.15, -0.1) is 11.3 Å². The third kappa shape index (κ3) is 3.26. The Kier molecular flexibility index (Phi) is 4.16. The number of nitrogens with one attached hydrogen (secondary N) is 1. The number of carbonyl (C=O) groups is 1. The van der Waals surface area contributed by atoms with Gasteiger partial charge in [0.1, 0.15) is 12.7 Å². The molecule has 1 amide bonds. The molecule has 0 radical (unpaired) electrons. The van der Waals surface area contributed by atoms with Gasteiger partial charge in [0, 0.05) is 16.6 Å². The molecule has 0 aliphatic rings. The lowest BCUT2D eigenvalue weighted by Gasteiger charge is -2.13. The third-order valence-corrected chi connectivity index (χ3v) is 4.60. The molecule has 3 heterocycles. The van der Waals surface area contributed by atoms with Crippen LogP contribution < -0.4 is 5.32 Å². The van der Waals surface area contributed by atoms with Gasteiger partial charge in [-0.1, -0.05) is 0 Å². The zero-order valence-electron chi connectivity index (χ0n) is 13.0. The molecule has 0 fully saturated rings. The van der Waals surface area contributed by atoms with Crippen LogP contribution >= 0.6 is 11.3 Å². The first-order chi connectivity index (χ1) is 11.0. The second-order valence-electron chi connectivity index (χ2n) is 5.12. The Morgan fingerprint density at radius 3 is 2.87 bits per heavy atom. The molecule has 7 nitrogen and oxygen atoms in total. The molecule has 0 aliphatic carbocycles. The van der Waals surface area contributed by atoms with Crippen LogP contribution in [0.1, 0.15) is 38.9 Å². The monoisotopic (exact) mass is 328 g/mol. The predicted octanol–water partition coefficient (Wildman–Crippen LogP) is 2.23. The summed E-state index contributed by atoms with van der Waals surface area (Å²) in [6.07, 6.45) is 4.54. The molecule has 118 valence electrons. The maximum Gasteiger partial charge on any atom is 0.251 e. The van der Waals surface area contributed by atoms with Gasteiger partial charge < -0.3 is 5.32 Å². The SMILES string of the molecule is Cc1nc(C)c([C@@H](C)NC(=O)c2ccnc(-n3cncn3)c2)s1. The molecule has 3 rings (SSSR count). The minimum absolute atomic E-state index is 0.100. The summed E-state index contributed by atoms with van der Waals surface area (Å²) in [4.78, 5) is 26.0. The molecule has 0 unspecified atom stereocenters. The molecule has 0 spiro atoms. The summed E-state index contributed by atoms with van der Waals surface area (Å²) in [5, 5.41) is 8.01. The second-order valence-corrected chi connectivity index (χ2v) is 6.36. The van der Waals surface area contributed by atoms with E-state index >= 15 is 0 Å². The average Bonchev–Trinajstić information content (AvgIpc) is 3.17. The van der Waals surface area contributed by atoms with Gasteiger partial charge in [-0.25, -0.2) is 19.6 Å². The van der Waals surface area contributed by atoms with Gasteiger partial charge in [0.2, 0.25) is 0 Å². The van der Waals surface area contributed by atoms with Crippen molar-refractivity contribution in [2.45, 2.75) is 26.8 Å². The van der Waals surface area contributed by atoms with Crippen molar-refractivity contribution in [3.8, 4) is 5.82 Å². The lowest BCUT2D eigenvalue weighted by Crippen LogP contribution is -2.26. The summed E-state index contributed by atoms with van der Waals surface area (Å²) < 4.78 is 1.51. The van der Waals surface area contributed by atoms with Crippen molar-refractivity contribution in [3.05, 3.63) is 52.1 Å². The standard InChI is InChI=1S/C15H16N6OS/c1-9-14(23-11(3)19-9)10(2)20-15(22)12-4-5-17-13(6-12)21-8-16-7-18-21/h4-8,10H,1-3H3,(H,20,22)/t10-/m1/s1. The number of hydrogen-bond acceptors (Lipinski definition) is 6. The zero-order chi connectivity index (χ0) is 16.4. The lowest BCUT2D eigenvalue weighted by atomic mass is 10.2. The summed E-state index contributed by atoms with van der Waals surface area (Å²) in [5.41, 5.74) is 1.48. The Balaban J connectivity index is 1.78. The van der Waals surface area contributed by atoms with E-state index in [-0.39, 0.29) is 11.9 Å². The average molecular weight is 328 g/mol. The van der Waals surface area contributed by atoms with Crippen molar-refractivity contribution in [2.24, 2.45) is 0 Å². The molecule has 3 aromatic heterocycles. The fraction of sp³-hybridized carbons (Fsp3) is 0.267. The molecule has 0 aromatic carbocycles. The van der Waals surface area contributed by atoms with Crippen molar-refractivity contribution in [1.29, 1.82) is 0 Å². The molecule has 23 heavy (non-hydrogen) atoms. The first kappa shape index (κ1) is 15.3. The maximum absolute atomic E-state index is 12.5. The van der Waals surface area contributed by atoms with Crippen molar-refractivity contribution in [2.75, 3.05) is 0 Å². The van der Waals surface area contributed by atoms with E-state index in [4.69, 9.17) is 0 Å². The lowest BCUT2D eigenvalue weighted by molar-refractivity contribution is 0.0940. The number of aromatic nitrogens is 5. The number of rotatable bonds is 4. The van der Waals surface area contributed by atoms with E-state index in [9.17, 15) is 4.79 Å². The van der Waals surface area contributed by atoms with E-state index in [0.717, 1.165) is 15.6 Å². The summed E-state index contributed by atoms with van der Waals surface area (Å²) in [6.45, 7) is 5.87. The smallest absolute Gasteiger partial charge is 0.251 e. The number of hydrogen-bond donors (Lipinski definition) is 1. The van der Waals surface area contributed by atoms with Crippen LogP contribution in [0.3, 0.4) is 0 Å². The number of thiazole rings is 1. The second kappa shape index (κ2) is 6.25. The number of nitrogens with zero attached hydrogens (tertiary/aromatic N) is 5.